The average molecular weight is 212 g/mol. The van der Waals surface area contributed by atoms with Crippen molar-refractivity contribution in [2.75, 3.05) is 6.54 Å². The van der Waals surface area contributed by atoms with Gasteiger partial charge in [-0.25, -0.2) is 0 Å². The van der Waals surface area contributed by atoms with Gasteiger partial charge in [-0.2, -0.15) is 5.26 Å². The van der Waals surface area contributed by atoms with Gasteiger partial charge in [-0.15, -0.1) is 0 Å². The van der Waals surface area contributed by atoms with E-state index in [4.69, 9.17) is 0 Å². The molecule has 0 aliphatic carbocycles. The Balaban J connectivity index is 2.42. The predicted molar refractivity (Wildman–Crippen MR) is 60.4 cm³/mol. The average Bonchev–Trinajstić information content (AvgIpc) is 2.36. The number of rotatable bonds is 1. The molecule has 2 rings (SSSR count). The standard InChI is InChI=1S/C13H12N2O/c1-2-13(16)15-8-7-10-5-3-4-6-11(10)12(15)9-14/h2-6,12H,1,7-8H2. The summed E-state index contributed by atoms with van der Waals surface area (Å²) in [6.07, 6.45) is 2.06. The van der Waals surface area contributed by atoms with Gasteiger partial charge < -0.3 is 4.90 Å². The lowest BCUT2D eigenvalue weighted by atomic mass is 9.93. The van der Waals surface area contributed by atoms with E-state index < -0.39 is 6.04 Å². The van der Waals surface area contributed by atoms with Crippen molar-refractivity contribution in [1.29, 1.82) is 5.26 Å². The predicted octanol–water partition coefficient (Wildman–Crippen LogP) is 1.82. The van der Waals surface area contributed by atoms with Crippen LogP contribution >= 0.6 is 0 Å². The number of amides is 1. The minimum Gasteiger partial charge on any atom is -0.319 e. The molecule has 1 unspecified atom stereocenters. The van der Waals surface area contributed by atoms with Crippen molar-refractivity contribution in [2.24, 2.45) is 0 Å². The van der Waals surface area contributed by atoms with Crippen LogP contribution in [0.2, 0.25) is 0 Å². The van der Waals surface area contributed by atoms with Crippen LogP contribution in [-0.2, 0) is 11.2 Å². The quantitative estimate of drug-likeness (QED) is 0.666. The first-order chi connectivity index (χ1) is 7.77. The Bertz CT molecular complexity index is 473. The molecule has 1 heterocycles. The van der Waals surface area contributed by atoms with Gasteiger partial charge in [0.05, 0.1) is 6.07 Å². The Labute approximate surface area is 94.6 Å². The Morgan fingerprint density at radius 3 is 3.00 bits per heavy atom. The highest BCUT2D eigenvalue weighted by Gasteiger charge is 2.28. The van der Waals surface area contributed by atoms with Crippen LogP contribution in [0.15, 0.2) is 36.9 Å². The lowest BCUT2D eigenvalue weighted by molar-refractivity contribution is -0.127. The Kier molecular flexibility index (Phi) is 2.74. The maximum Gasteiger partial charge on any atom is 0.247 e. The highest BCUT2D eigenvalue weighted by atomic mass is 16.2. The molecule has 0 bridgehead atoms. The van der Waals surface area contributed by atoms with Gasteiger partial charge in [-0.3, -0.25) is 4.79 Å². The summed E-state index contributed by atoms with van der Waals surface area (Å²) < 4.78 is 0. The van der Waals surface area contributed by atoms with E-state index >= 15 is 0 Å². The van der Waals surface area contributed by atoms with E-state index in [1.807, 2.05) is 24.3 Å². The van der Waals surface area contributed by atoms with Gasteiger partial charge in [0.2, 0.25) is 5.91 Å². The van der Waals surface area contributed by atoms with E-state index in [1.165, 1.54) is 6.08 Å². The summed E-state index contributed by atoms with van der Waals surface area (Å²) >= 11 is 0. The monoisotopic (exact) mass is 212 g/mol. The normalized spacial score (nSPS) is 18.4. The topological polar surface area (TPSA) is 44.1 Å². The highest BCUT2D eigenvalue weighted by Crippen LogP contribution is 2.28. The summed E-state index contributed by atoms with van der Waals surface area (Å²) in [4.78, 5) is 13.2. The van der Waals surface area contributed by atoms with E-state index in [9.17, 15) is 10.1 Å². The fourth-order valence-corrected chi connectivity index (χ4v) is 2.06. The van der Waals surface area contributed by atoms with Crippen molar-refractivity contribution in [2.45, 2.75) is 12.5 Å². The van der Waals surface area contributed by atoms with Crippen molar-refractivity contribution in [3.05, 3.63) is 48.0 Å². The van der Waals surface area contributed by atoms with Crippen LogP contribution in [-0.4, -0.2) is 17.4 Å². The summed E-state index contributed by atoms with van der Waals surface area (Å²) in [6, 6.07) is 9.47. The molecule has 1 aromatic carbocycles. The van der Waals surface area contributed by atoms with Crippen molar-refractivity contribution in [3.63, 3.8) is 0 Å². The fourth-order valence-electron chi connectivity index (χ4n) is 2.06. The molecule has 0 fully saturated rings. The Morgan fingerprint density at radius 1 is 1.56 bits per heavy atom. The van der Waals surface area contributed by atoms with Gasteiger partial charge in [-0.05, 0) is 23.6 Å². The smallest absolute Gasteiger partial charge is 0.247 e. The van der Waals surface area contributed by atoms with Crippen LogP contribution in [0.25, 0.3) is 0 Å². The van der Waals surface area contributed by atoms with Crippen molar-refractivity contribution >= 4 is 5.91 Å². The maximum absolute atomic E-state index is 11.6. The van der Waals surface area contributed by atoms with Gasteiger partial charge in [0.15, 0.2) is 0 Å². The van der Waals surface area contributed by atoms with Crippen LogP contribution in [0.1, 0.15) is 17.2 Å². The van der Waals surface area contributed by atoms with Crippen molar-refractivity contribution in [3.8, 4) is 6.07 Å². The zero-order valence-electron chi connectivity index (χ0n) is 8.89. The molecule has 0 N–H and O–H groups in total. The molecule has 1 aliphatic rings. The number of nitriles is 1. The maximum atomic E-state index is 11.6. The third-order valence-electron chi connectivity index (χ3n) is 2.86. The Morgan fingerprint density at radius 2 is 2.31 bits per heavy atom. The number of hydrogen-bond acceptors (Lipinski definition) is 2. The lowest BCUT2D eigenvalue weighted by Crippen LogP contribution is -2.38. The van der Waals surface area contributed by atoms with E-state index in [2.05, 4.69) is 12.6 Å². The van der Waals surface area contributed by atoms with E-state index in [-0.39, 0.29) is 5.91 Å². The Hall–Kier alpha value is -2.08. The molecule has 0 radical (unpaired) electrons. The first kappa shape index (κ1) is 10.4. The molecule has 0 spiro atoms. The number of carbonyl (C=O) groups excluding carboxylic acids is 1. The summed E-state index contributed by atoms with van der Waals surface area (Å²) in [7, 11) is 0. The number of nitrogens with zero attached hydrogens (tertiary/aromatic N) is 2. The van der Waals surface area contributed by atoms with E-state index in [1.54, 1.807) is 4.90 Å². The third-order valence-corrected chi connectivity index (χ3v) is 2.86. The number of fused-ring (bicyclic) bond motifs is 1. The van der Waals surface area contributed by atoms with Crippen molar-refractivity contribution in [1.82, 2.24) is 4.90 Å². The molecule has 1 aliphatic heterocycles. The number of benzene rings is 1. The lowest BCUT2D eigenvalue weighted by Gasteiger charge is -2.32. The first-order valence-electron chi connectivity index (χ1n) is 5.18. The first-order valence-corrected chi connectivity index (χ1v) is 5.18. The van der Waals surface area contributed by atoms with Gasteiger partial charge in [-0.1, -0.05) is 30.8 Å². The molecule has 0 saturated heterocycles. The second-order valence-corrected chi connectivity index (χ2v) is 3.72. The minimum absolute atomic E-state index is 0.180. The zero-order chi connectivity index (χ0) is 11.5. The summed E-state index contributed by atoms with van der Waals surface area (Å²) in [5, 5.41) is 9.17. The molecule has 1 aromatic rings. The second-order valence-electron chi connectivity index (χ2n) is 3.72. The van der Waals surface area contributed by atoms with Crippen LogP contribution < -0.4 is 0 Å². The number of carbonyl (C=O) groups is 1. The zero-order valence-corrected chi connectivity index (χ0v) is 8.89. The summed E-state index contributed by atoms with van der Waals surface area (Å²) in [5.41, 5.74) is 2.09. The van der Waals surface area contributed by atoms with E-state index in [0.717, 1.165) is 17.5 Å². The highest BCUT2D eigenvalue weighted by molar-refractivity contribution is 5.87. The molecule has 16 heavy (non-hydrogen) atoms. The third kappa shape index (κ3) is 1.59. The van der Waals surface area contributed by atoms with E-state index in [0.29, 0.717) is 6.54 Å². The SMILES string of the molecule is C=CC(=O)N1CCc2ccccc2C1C#N. The van der Waals surface area contributed by atoms with Crippen LogP contribution in [0, 0.1) is 11.3 Å². The molecular weight excluding hydrogens is 200 g/mol. The van der Waals surface area contributed by atoms with Gasteiger partial charge in [0, 0.05) is 6.54 Å². The fraction of sp³-hybridized carbons (Fsp3) is 0.231. The van der Waals surface area contributed by atoms with Crippen LogP contribution in [0.5, 0.6) is 0 Å². The molecule has 1 atom stereocenters. The molecule has 3 heteroatoms. The molecule has 80 valence electrons. The van der Waals surface area contributed by atoms with Crippen LogP contribution in [0.4, 0.5) is 0 Å². The largest absolute Gasteiger partial charge is 0.319 e. The summed E-state index contributed by atoms with van der Waals surface area (Å²) in [5.74, 6) is -0.180. The van der Waals surface area contributed by atoms with Gasteiger partial charge >= 0.3 is 0 Å². The van der Waals surface area contributed by atoms with Gasteiger partial charge in [0.25, 0.3) is 0 Å². The molecule has 1 amide bonds. The second kappa shape index (κ2) is 4.19. The van der Waals surface area contributed by atoms with Crippen LogP contribution in [0.3, 0.4) is 0 Å². The molecular formula is C13H12N2O. The van der Waals surface area contributed by atoms with Gasteiger partial charge in [0.1, 0.15) is 6.04 Å². The number of hydrogen-bond donors (Lipinski definition) is 0. The summed E-state index contributed by atoms with van der Waals surface area (Å²) in [6.45, 7) is 4.04. The minimum atomic E-state index is -0.476. The van der Waals surface area contributed by atoms with Crippen molar-refractivity contribution < 1.29 is 4.79 Å². The molecule has 0 aromatic heterocycles. The molecule has 0 saturated carbocycles. The molecule has 3 nitrogen and oxygen atoms in total.